The number of aryl methyl sites for hydroxylation is 1. The summed E-state index contributed by atoms with van der Waals surface area (Å²) in [5.74, 6) is 0.956. The number of hydrogen-bond donors (Lipinski definition) is 1. The van der Waals surface area contributed by atoms with Gasteiger partial charge in [0.05, 0.1) is 6.42 Å². The molecule has 0 radical (unpaired) electrons. The Kier molecular flexibility index (Phi) is 5.53. The Labute approximate surface area is 121 Å². The van der Waals surface area contributed by atoms with Crippen LogP contribution in [0.2, 0.25) is 0 Å². The van der Waals surface area contributed by atoms with Crippen molar-refractivity contribution < 1.29 is 4.79 Å². The monoisotopic (exact) mass is 275 g/mol. The normalized spacial score (nSPS) is 16.4. The maximum absolute atomic E-state index is 12.3. The minimum atomic E-state index is 0.234. The predicted octanol–water partition coefficient (Wildman–Crippen LogP) is 1.78. The van der Waals surface area contributed by atoms with Gasteiger partial charge in [-0.3, -0.25) is 9.78 Å². The van der Waals surface area contributed by atoms with E-state index in [2.05, 4.69) is 17.2 Å². The highest BCUT2D eigenvalue weighted by Gasteiger charge is 2.22. The minimum Gasteiger partial charge on any atom is -0.342 e. The fraction of sp³-hybridized carbons (Fsp3) is 0.625. The van der Waals surface area contributed by atoms with Crippen LogP contribution in [0.1, 0.15) is 31.0 Å². The Balaban J connectivity index is 1.78. The largest absolute Gasteiger partial charge is 0.342 e. The molecule has 1 fully saturated rings. The first kappa shape index (κ1) is 15.0. The molecule has 1 aromatic heterocycles. The molecule has 1 N–H and O–H groups in total. The summed E-state index contributed by atoms with van der Waals surface area (Å²) in [5, 5.41) is 3.40. The van der Waals surface area contributed by atoms with E-state index in [4.69, 9.17) is 0 Å². The summed E-state index contributed by atoms with van der Waals surface area (Å²) in [6.45, 7) is 8.00. The van der Waals surface area contributed by atoms with E-state index in [9.17, 15) is 4.79 Å². The van der Waals surface area contributed by atoms with Crippen molar-refractivity contribution in [2.45, 2.75) is 33.1 Å². The summed E-state index contributed by atoms with van der Waals surface area (Å²) in [6.07, 6.45) is 4.52. The number of nitrogens with zero attached hydrogens (tertiary/aromatic N) is 2. The van der Waals surface area contributed by atoms with E-state index in [0.29, 0.717) is 6.42 Å². The molecule has 1 aliphatic heterocycles. The second-order valence-electron chi connectivity index (χ2n) is 5.62. The average Bonchev–Trinajstić information content (AvgIpc) is 2.48. The van der Waals surface area contributed by atoms with Crippen LogP contribution in [0.4, 0.5) is 0 Å². The number of pyridine rings is 1. The van der Waals surface area contributed by atoms with Gasteiger partial charge in [-0.1, -0.05) is 13.0 Å². The number of aromatic nitrogens is 1. The Morgan fingerprint density at radius 1 is 1.40 bits per heavy atom. The molecular formula is C16H25N3O. The van der Waals surface area contributed by atoms with Gasteiger partial charge in [-0.2, -0.15) is 0 Å². The standard InChI is InChI=1S/C16H25N3O/c1-3-17-11-14-6-8-19(9-7-14)16(20)10-15-5-4-13(2)18-12-15/h4-5,12,14,17H,3,6-11H2,1-2H3. The van der Waals surface area contributed by atoms with E-state index < -0.39 is 0 Å². The SMILES string of the molecule is CCNCC1CCN(C(=O)Cc2ccc(C)nc2)CC1. The molecule has 1 aromatic rings. The number of hydrogen-bond acceptors (Lipinski definition) is 3. The lowest BCUT2D eigenvalue weighted by molar-refractivity contribution is -0.131. The van der Waals surface area contributed by atoms with E-state index in [-0.39, 0.29) is 5.91 Å². The van der Waals surface area contributed by atoms with Gasteiger partial charge in [-0.25, -0.2) is 0 Å². The quantitative estimate of drug-likeness (QED) is 0.891. The van der Waals surface area contributed by atoms with Crippen LogP contribution in [-0.2, 0) is 11.2 Å². The second kappa shape index (κ2) is 7.39. The average molecular weight is 275 g/mol. The smallest absolute Gasteiger partial charge is 0.227 e. The summed E-state index contributed by atoms with van der Waals surface area (Å²) in [5.41, 5.74) is 2.00. The van der Waals surface area contributed by atoms with Crippen LogP contribution in [0, 0.1) is 12.8 Å². The molecule has 4 nitrogen and oxygen atoms in total. The third-order valence-corrected chi connectivity index (χ3v) is 3.98. The molecule has 1 amide bonds. The highest BCUT2D eigenvalue weighted by atomic mass is 16.2. The molecule has 0 saturated carbocycles. The molecule has 0 atom stereocenters. The summed E-state index contributed by atoms with van der Waals surface area (Å²) >= 11 is 0. The summed E-state index contributed by atoms with van der Waals surface area (Å²) in [4.78, 5) is 18.5. The third-order valence-electron chi connectivity index (χ3n) is 3.98. The fourth-order valence-corrected chi connectivity index (χ4v) is 2.62. The van der Waals surface area contributed by atoms with Crippen LogP contribution >= 0.6 is 0 Å². The van der Waals surface area contributed by atoms with Crippen molar-refractivity contribution in [1.29, 1.82) is 0 Å². The zero-order valence-corrected chi connectivity index (χ0v) is 12.6. The van der Waals surface area contributed by atoms with Gasteiger partial charge in [0, 0.05) is 25.0 Å². The Bertz CT molecular complexity index is 422. The lowest BCUT2D eigenvalue weighted by Crippen LogP contribution is -2.41. The van der Waals surface area contributed by atoms with Crippen molar-refractivity contribution in [3.63, 3.8) is 0 Å². The first-order valence-electron chi connectivity index (χ1n) is 7.59. The molecule has 110 valence electrons. The van der Waals surface area contributed by atoms with Gasteiger partial charge in [0.1, 0.15) is 0 Å². The summed E-state index contributed by atoms with van der Waals surface area (Å²) < 4.78 is 0. The Hall–Kier alpha value is -1.42. The van der Waals surface area contributed by atoms with Gasteiger partial charge in [-0.15, -0.1) is 0 Å². The van der Waals surface area contributed by atoms with Crippen molar-refractivity contribution in [1.82, 2.24) is 15.2 Å². The molecule has 1 saturated heterocycles. The molecule has 1 aliphatic rings. The van der Waals surface area contributed by atoms with Crippen LogP contribution in [0.15, 0.2) is 18.3 Å². The van der Waals surface area contributed by atoms with E-state index in [1.807, 2.05) is 30.2 Å². The Morgan fingerprint density at radius 3 is 2.75 bits per heavy atom. The van der Waals surface area contributed by atoms with Crippen LogP contribution in [0.5, 0.6) is 0 Å². The van der Waals surface area contributed by atoms with Crippen LogP contribution < -0.4 is 5.32 Å². The maximum Gasteiger partial charge on any atom is 0.227 e. The van der Waals surface area contributed by atoms with Gasteiger partial charge >= 0.3 is 0 Å². The lowest BCUT2D eigenvalue weighted by atomic mass is 9.96. The molecule has 2 rings (SSSR count). The van der Waals surface area contributed by atoms with Crippen LogP contribution in [-0.4, -0.2) is 42.0 Å². The first-order chi connectivity index (χ1) is 9.69. The number of piperidine rings is 1. The highest BCUT2D eigenvalue weighted by Crippen LogP contribution is 2.17. The van der Waals surface area contributed by atoms with Gasteiger partial charge in [0.25, 0.3) is 0 Å². The van der Waals surface area contributed by atoms with E-state index >= 15 is 0 Å². The number of carbonyl (C=O) groups excluding carboxylic acids is 1. The third kappa shape index (κ3) is 4.30. The Morgan fingerprint density at radius 2 is 2.15 bits per heavy atom. The topological polar surface area (TPSA) is 45.2 Å². The number of nitrogens with one attached hydrogen (secondary N) is 1. The molecule has 0 unspecified atom stereocenters. The number of likely N-dealkylation sites (tertiary alicyclic amines) is 1. The minimum absolute atomic E-state index is 0.234. The molecule has 0 spiro atoms. The second-order valence-corrected chi connectivity index (χ2v) is 5.62. The number of carbonyl (C=O) groups is 1. The van der Waals surface area contributed by atoms with Gasteiger partial charge in [0.15, 0.2) is 0 Å². The molecule has 0 aromatic carbocycles. The molecule has 2 heterocycles. The van der Waals surface area contributed by atoms with Gasteiger partial charge in [0.2, 0.25) is 5.91 Å². The van der Waals surface area contributed by atoms with Gasteiger partial charge in [-0.05, 0) is 50.4 Å². The van der Waals surface area contributed by atoms with Crippen LogP contribution in [0.25, 0.3) is 0 Å². The molecule has 0 aliphatic carbocycles. The first-order valence-corrected chi connectivity index (χ1v) is 7.59. The highest BCUT2D eigenvalue weighted by molar-refractivity contribution is 5.78. The summed E-state index contributed by atoms with van der Waals surface area (Å²) in [6, 6.07) is 3.96. The van der Waals surface area contributed by atoms with E-state index in [0.717, 1.165) is 56.2 Å². The molecule has 20 heavy (non-hydrogen) atoms. The zero-order chi connectivity index (χ0) is 14.4. The predicted molar refractivity (Wildman–Crippen MR) is 80.5 cm³/mol. The molecular weight excluding hydrogens is 250 g/mol. The number of rotatable bonds is 5. The van der Waals surface area contributed by atoms with Crippen molar-refractivity contribution >= 4 is 5.91 Å². The lowest BCUT2D eigenvalue weighted by Gasteiger charge is -2.32. The van der Waals surface area contributed by atoms with E-state index in [1.165, 1.54) is 0 Å². The maximum atomic E-state index is 12.3. The summed E-state index contributed by atoms with van der Waals surface area (Å²) in [7, 11) is 0. The van der Waals surface area contributed by atoms with Crippen molar-refractivity contribution in [3.05, 3.63) is 29.6 Å². The van der Waals surface area contributed by atoms with Crippen molar-refractivity contribution in [3.8, 4) is 0 Å². The number of amides is 1. The van der Waals surface area contributed by atoms with Crippen molar-refractivity contribution in [2.24, 2.45) is 5.92 Å². The molecule has 0 bridgehead atoms. The zero-order valence-electron chi connectivity index (χ0n) is 12.6. The van der Waals surface area contributed by atoms with Gasteiger partial charge < -0.3 is 10.2 Å². The van der Waals surface area contributed by atoms with Crippen LogP contribution in [0.3, 0.4) is 0 Å². The van der Waals surface area contributed by atoms with Crippen molar-refractivity contribution in [2.75, 3.05) is 26.2 Å². The van der Waals surface area contributed by atoms with E-state index in [1.54, 1.807) is 0 Å². The fourth-order valence-electron chi connectivity index (χ4n) is 2.62. The molecule has 4 heteroatoms.